The molecule has 1 saturated heterocycles. The van der Waals surface area contributed by atoms with Crippen LogP contribution in [0.4, 0.5) is 11.8 Å². The highest BCUT2D eigenvalue weighted by Gasteiger charge is 2.27. The van der Waals surface area contributed by atoms with Crippen molar-refractivity contribution in [3.05, 3.63) is 59.9 Å². The van der Waals surface area contributed by atoms with Crippen LogP contribution in [0.3, 0.4) is 0 Å². The van der Waals surface area contributed by atoms with Gasteiger partial charge in [0.1, 0.15) is 5.82 Å². The van der Waals surface area contributed by atoms with Gasteiger partial charge in [0.2, 0.25) is 15.9 Å². The van der Waals surface area contributed by atoms with Crippen LogP contribution in [0.15, 0.2) is 48.8 Å². The van der Waals surface area contributed by atoms with Crippen LogP contribution in [0, 0.1) is 0 Å². The molecule has 1 aromatic carbocycles. The molecule has 0 atom stereocenters. The number of imidazole rings is 1. The van der Waals surface area contributed by atoms with Gasteiger partial charge < -0.3 is 21.4 Å². The third kappa shape index (κ3) is 6.08. The molecule has 0 aliphatic carbocycles. The van der Waals surface area contributed by atoms with E-state index in [4.69, 9.17) is 5.73 Å². The zero-order valence-electron chi connectivity index (χ0n) is 18.0. The van der Waals surface area contributed by atoms with Gasteiger partial charge in [-0.25, -0.2) is 18.4 Å². The molecule has 0 unspecified atom stereocenters. The van der Waals surface area contributed by atoms with Crippen LogP contribution >= 0.6 is 0 Å². The minimum absolute atomic E-state index is 0.148. The highest BCUT2D eigenvalue weighted by Crippen LogP contribution is 2.19. The summed E-state index contributed by atoms with van der Waals surface area (Å²) in [6, 6.07) is 11.0. The summed E-state index contributed by atoms with van der Waals surface area (Å²) >= 11 is 0. The van der Waals surface area contributed by atoms with Gasteiger partial charge in [-0.2, -0.15) is 0 Å². The maximum atomic E-state index is 12.5. The van der Waals surface area contributed by atoms with E-state index in [1.165, 1.54) is 6.20 Å². The lowest BCUT2D eigenvalue weighted by Crippen LogP contribution is -2.38. The minimum Gasteiger partial charge on any atom is -0.369 e. The zero-order chi connectivity index (χ0) is 23.3. The van der Waals surface area contributed by atoms with E-state index < -0.39 is 15.3 Å². The number of anilines is 2. The van der Waals surface area contributed by atoms with Gasteiger partial charge in [-0.05, 0) is 48.7 Å². The van der Waals surface area contributed by atoms with E-state index >= 15 is 0 Å². The summed E-state index contributed by atoms with van der Waals surface area (Å²) in [5.74, 6) is 0.477. The molecule has 0 radical (unpaired) electrons. The first-order valence-electron chi connectivity index (χ1n) is 10.7. The van der Waals surface area contributed by atoms with Crippen molar-refractivity contribution in [1.82, 2.24) is 25.6 Å². The fourth-order valence-electron chi connectivity index (χ4n) is 3.66. The summed E-state index contributed by atoms with van der Waals surface area (Å²) in [5.41, 5.74) is 9.05. The second-order valence-corrected chi connectivity index (χ2v) is 9.94. The Morgan fingerprint density at radius 3 is 2.39 bits per heavy atom. The topological polar surface area (TPSA) is 155 Å². The predicted molar refractivity (Wildman–Crippen MR) is 127 cm³/mol. The number of pyridine rings is 1. The quantitative estimate of drug-likeness (QED) is 0.334. The van der Waals surface area contributed by atoms with E-state index in [1.807, 2.05) is 24.3 Å². The molecule has 6 N–H and O–H groups in total. The average molecular weight is 470 g/mol. The number of rotatable bonds is 8. The number of sulfonamides is 1. The fourth-order valence-corrected chi connectivity index (χ4v) is 5.09. The van der Waals surface area contributed by atoms with Crippen molar-refractivity contribution in [3.63, 3.8) is 0 Å². The molecular weight excluding hydrogens is 442 g/mol. The summed E-state index contributed by atoms with van der Waals surface area (Å²) < 4.78 is 27.5. The first-order chi connectivity index (χ1) is 15.9. The molecular formula is C22H27N7O3S. The van der Waals surface area contributed by atoms with E-state index in [0.717, 1.165) is 16.8 Å². The summed E-state index contributed by atoms with van der Waals surface area (Å²) in [4.78, 5) is 23.4. The number of amides is 1. The highest BCUT2D eigenvalue weighted by molar-refractivity contribution is 7.93. The van der Waals surface area contributed by atoms with Gasteiger partial charge in [0.25, 0.3) is 0 Å². The molecule has 33 heavy (non-hydrogen) atoms. The number of hydrogen-bond donors (Lipinski definition) is 5. The number of carbonyl (C=O) groups is 1. The largest absolute Gasteiger partial charge is 0.369 e. The number of nitrogens with zero attached hydrogens (tertiary/aromatic N) is 2. The molecule has 174 valence electrons. The van der Waals surface area contributed by atoms with Crippen molar-refractivity contribution < 1.29 is 13.2 Å². The Hall–Kier alpha value is -3.44. The van der Waals surface area contributed by atoms with Crippen LogP contribution in [0.2, 0.25) is 0 Å². The van der Waals surface area contributed by atoms with Crippen LogP contribution in [0.25, 0.3) is 11.3 Å². The van der Waals surface area contributed by atoms with Crippen LogP contribution in [0.5, 0.6) is 0 Å². The maximum Gasteiger partial charge on any atom is 0.236 e. The van der Waals surface area contributed by atoms with E-state index in [2.05, 4.69) is 30.3 Å². The molecule has 1 aliphatic rings. The molecule has 0 saturated carbocycles. The summed E-state index contributed by atoms with van der Waals surface area (Å²) in [6.07, 6.45) is 4.50. The van der Waals surface area contributed by atoms with Crippen molar-refractivity contribution in [2.45, 2.75) is 31.1 Å². The zero-order valence-corrected chi connectivity index (χ0v) is 18.9. The number of nitrogens with two attached hydrogens (primary N) is 1. The summed E-state index contributed by atoms with van der Waals surface area (Å²) in [7, 11) is -3.47. The molecule has 1 amide bonds. The number of hydrogen-bond acceptors (Lipinski definition) is 7. The number of aromatic amines is 1. The first kappa shape index (κ1) is 22.7. The van der Waals surface area contributed by atoms with Crippen LogP contribution in [0.1, 0.15) is 24.0 Å². The van der Waals surface area contributed by atoms with Crippen LogP contribution < -0.4 is 21.1 Å². The third-order valence-corrected chi connectivity index (χ3v) is 7.35. The van der Waals surface area contributed by atoms with E-state index in [0.29, 0.717) is 44.0 Å². The molecule has 1 aliphatic heterocycles. The first-order valence-corrected chi connectivity index (χ1v) is 12.3. The number of H-pyrrole nitrogens is 1. The van der Waals surface area contributed by atoms with E-state index in [1.54, 1.807) is 18.3 Å². The Balaban J connectivity index is 1.26. The smallest absolute Gasteiger partial charge is 0.236 e. The van der Waals surface area contributed by atoms with Gasteiger partial charge in [-0.3, -0.25) is 9.52 Å². The maximum absolute atomic E-state index is 12.5. The van der Waals surface area contributed by atoms with Crippen molar-refractivity contribution >= 4 is 27.7 Å². The fraction of sp³-hybridized carbons (Fsp3) is 0.318. The number of nitrogens with one attached hydrogen (secondary N) is 4. The summed E-state index contributed by atoms with van der Waals surface area (Å²) in [5, 5.41) is 5.62. The Kier molecular flexibility index (Phi) is 6.90. The lowest BCUT2D eigenvalue weighted by Gasteiger charge is -2.22. The average Bonchev–Trinajstić information content (AvgIpc) is 3.26. The van der Waals surface area contributed by atoms with Crippen molar-refractivity contribution in [2.24, 2.45) is 0 Å². The summed E-state index contributed by atoms with van der Waals surface area (Å²) in [6.45, 7) is 1.78. The molecule has 2 aromatic heterocycles. The van der Waals surface area contributed by atoms with Crippen molar-refractivity contribution in [2.75, 3.05) is 23.5 Å². The van der Waals surface area contributed by atoms with Gasteiger partial charge in [0.15, 0.2) is 5.95 Å². The molecule has 4 rings (SSSR count). The minimum atomic E-state index is -3.47. The van der Waals surface area contributed by atoms with Crippen LogP contribution in [-0.2, 0) is 27.8 Å². The van der Waals surface area contributed by atoms with Crippen LogP contribution in [-0.4, -0.2) is 47.6 Å². The molecule has 11 heteroatoms. The SMILES string of the molecule is Nc1ncc(-c2ccc(CNC(=O)Cc3ccc(NS(=O)(=O)C4CCNCC4)nc3)cc2)[nH]1. The number of benzene rings is 1. The number of piperidine rings is 1. The Labute approximate surface area is 192 Å². The van der Waals surface area contributed by atoms with Gasteiger partial charge in [-0.15, -0.1) is 0 Å². The van der Waals surface area contributed by atoms with Crippen molar-refractivity contribution in [3.8, 4) is 11.3 Å². The number of nitrogen functional groups attached to an aromatic ring is 1. The standard InChI is InChI=1S/C22H27N7O3S/c23-22-27-14-19(28-22)17-4-1-15(2-5-17)12-26-21(30)11-16-3-6-20(25-13-16)29-33(31,32)18-7-9-24-10-8-18/h1-6,13-14,18,24H,7-12H2,(H,25,29)(H,26,30)(H3,23,27,28). The Bertz CT molecular complexity index is 1190. The molecule has 10 nitrogen and oxygen atoms in total. The van der Waals surface area contributed by atoms with Crippen molar-refractivity contribution in [1.29, 1.82) is 0 Å². The van der Waals surface area contributed by atoms with E-state index in [-0.39, 0.29) is 18.1 Å². The molecule has 0 bridgehead atoms. The van der Waals surface area contributed by atoms with Gasteiger partial charge in [0, 0.05) is 12.7 Å². The highest BCUT2D eigenvalue weighted by atomic mass is 32.2. The molecule has 0 spiro atoms. The molecule has 1 fully saturated rings. The molecule has 3 heterocycles. The van der Waals surface area contributed by atoms with E-state index in [9.17, 15) is 13.2 Å². The lowest BCUT2D eigenvalue weighted by molar-refractivity contribution is -0.120. The third-order valence-electron chi connectivity index (χ3n) is 5.51. The van der Waals surface area contributed by atoms with Gasteiger partial charge in [-0.1, -0.05) is 30.3 Å². The lowest BCUT2D eigenvalue weighted by atomic mass is 10.1. The Morgan fingerprint density at radius 2 is 1.76 bits per heavy atom. The number of carbonyl (C=O) groups excluding carboxylic acids is 1. The monoisotopic (exact) mass is 469 g/mol. The predicted octanol–water partition coefficient (Wildman–Crippen LogP) is 1.41. The van der Waals surface area contributed by atoms with Gasteiger partial charge in [0.05, 0.1) is 23.6 Å². The Morgan fingerprint density at radius 1 is 1.03 bits per heavy atom. The second kappa shape index (κ2) is 10.0. The normalized spacial score (nSPS) is 14.7. The number of aromatic nitrogens is 3. The second-order valence-electron chi connectivity index (χ2n) is 7.98. The van der Waals surface area contributed by atoms with Gasteiger partial charge >= 0.3 is 0 Å². The molecule has 3 aromatic rings.